The molecule has 134 valence electrons. The molecule has 1 atom stereocenters. The second-order valence-electron chi connectivity index (χ2n) is 6.29. The highest BCUT2D eigenvalue weighted by Gasteiger charge is 2.31. The fourth-order valence-corrected chi connectivity index (χ4v) is 3.37. The van der Waals surface area contributed by atoms with Gasteiger partial charge in [-0.25, -0.2) is 4.99 Å². The molecule has 0 aromatic heterocycles. The summed E-state index contributed by atoms with van der Waals surface area (Å²) in [4.78, 5) is 18.8. The van der Waals surface area contributed by atoms with Crippen LogP contribution in [-0.4, -0.2) is 23.0 Å². The van der Waals surface area contributed by atoms with Crippen LogP contribution in [0, 0.1) is 0 Å². The lowest BCUT2D eigenvalue weighted by molar-refractivity contribution is -0.126. The van der Waals surface area contributed by atoms with Crippen molar-refractivity contribution in [1.29, 1.82) is 0 Å². The average molecular weight is 377 g/mol. The van der Waals surface area contributed by atoms with E-state index in [0.29, 0.717) is 23.0 Å². The van der Waals surface area contributed by atoms with Gasteiger partial charge in [0.2, 0.25) is 6.23 Å². The SMILES string of the molecule is O=C1C(O)N=C(c2ccccc2)c2cc(Cl)ccc2N1Cc1ccccc1. The summed E-state index contributed by atoms with van der Waals surface area (Å²) in [5, 5.41) is 11.0. The molecule has 0 bridgehead atoms. The predicted octanol–water partition coefficient (Wildman–Crippen LogP) is 4.04. The first kappa shape index (κ1) is 17.5. The normalized spacial score (nSPS) is 16.5. The number of aliphatic hydroxyl groups excluding tert-OH is 1. The maximum absolute atomic E-state index is 12.9. The van der Waals surface area contributed by atoms with Crippen molar-refractivity contribution in [3.05, 3.63) is 101 Å². The third-order valence-electron chi connectivity index (χ3n) is 4.47. The van der Waals surface area contributed by atoms with Gasteiger partial charge in [0.05, 0.1) is 17.9 Å². The fraction of sp³-hybridized carbons (Fsp3) is 0.0909. The molecule has 1 N–H and O–H groups in total. The Labute approximate surface area is 162 Å². The van der Waals surface area contributed by atoms with Crippen LogP contribution in [-0.2, 0) is 11.3 Å². The molecule has 1 heterocycles. The molecule has 0 aliphatic carbocycles. The van der Waals surface area contributed by atoms with Gasteiger partial charge in [0.15, 0.2) is 0 Å². The molecule has 0 saturated heterocycles. The van der Waals surface area contributed by atoms with Gasteiger partial charge in [-0.05, 0) is 23.8 Å². The lowest BCUT2D eigenvalue weighted by atomic mass is 10.00. The van der Waals surface area contributed by atoms with Crippen molar-refractivity contribution in [2.75, 3.05) is 4.90 Å². The Morgan fingerprint density at radius 1 is 0.963 bits per heavy atom. The zero-order chi connectivity index (χ0) is 18.8. The van der Waals surface area contributed by atoms with Gasteiger partial charge in [-0.15, -0.1) is 0 Å². The van der Waals surface area contributed by atoms with E-state index in [9.17, 15) is 9.90 Å². The number of hydrogen-bond donors (Lipinski definition) is 1. The second kappa shape index (κ2) is 7.35. The van der Waals surface area contributed by atoms with E-state index in [0.717, 1.165) is 16.7 Å². The first-order chi connectivity index (χ1) is 13.1. The second-order valence-corrected chi connectivity index (χ2v) is 6.73. The molecule has 1 aliphatic heterocycles. The van der Waals surface area contributed by atoms with Gasteiger partial charge in [-0.1, -0.05) is 72.3 Å². The van der Waals surface area contributed by atoms with Crippen LogP contribution in [0.5, 0.6) is 0 Å². The summed E-state index contributed by atoms with van der Waals surface area (Å²) in [7, 11) is 0. The number of halogens is 1. The summed E-state index contributed by atoms with van der Waals surface area (Å²) in [6.07, 6.45) is -1.48. The van der Waals surface area contributed by atoms with E-state index >= 15 is 0 Å². The lowest BCUT2D eigenvalue weighted by Crippen LogP contribution is -2.37. The number of amides is 1. The van der Waals surface area contributed by atoms with Crippen molar-refractivity contribution >= 4 is 28.9 Å². The molecule has 1 amide bonds. The summed E-state index contributed by atoms with van der Waals surface area (Å²) in [6.45, 7) is 0.336. The monoisotopic (exact) mass is 376 g/mol. The number of benzodiazepines with no additional fused rings is 1. The molecule has 27 heavy (non-hydrogen) atoms. The largest absolute Gasteiger partial charge is 0.364 e. The number of rotatable bonds is 3. The van der Waals surface area contributed by atoms with Crippen molar-refractivity contribution in [3.63, 3.8) is 0 Å². The number of hydrogen-bond acceptors (Lipinski definition) is 3. The standard InChI is InChI=1S/C22H17ClN2O2/c23-17-11-12-19-18(13-17)20(16-9-5-2-6-10-16)24-21(26)22(27)25(19)14-15-7-3-1-4-8-15/h1-13,21,26H,14H2. The summed E-state index contributed by atoms with van der Waals surface area (Å²) in [5.74, 6) is -0.464. The Balaban J connectivity index is 1.87. The van der Waals surface area contributed by atoms with Gasteiger partial charge < -0.3 is 10.0 Å². The third kappa shape index (κ3) is 3.50. The first-order valence-electron chi connectivity index (χ1n) is 8.60. The number of aliphatic imine (C=N–C) groups is 1. The number of benzene rings is 3. The maximum atomic E-state index is 12.9. The van der Waals surface area contributed by atoms with E-state index in [-0.39, 0.29) is 0 Å². The van der Waals surface area contributed by atoms with Crippen LogP contribution < -0.4 is 4.90 Å². The van der Waals surface area contributed by atoms with Crippen molar-refractivity contribution < 1.29 is 9.90 Å². The number of anilines is 1. The highest BCUT2D eigenvalue weighted by atomic mass is 35.5. The first-order valence-corrected chi connectivity index (χ1v) is 8.98. The summed E-state index contributed by atoms with van der Waals surface area (Å²) < 4.78 is 0. The van der Waals surface area contributed by atoms with Crippen LogP contribution >= 0.6 is 11.6 Å². The zero-order valence-corrected chi connectivity index (χ0v) is 15.2. The molecule has 3 aromatic carbocycles. The van der Waals surface area contributed by atoms with E-state index < -0.39 is 12.1 Å². The van der Waals surface area contributed by atoms with Crippen LogP contribution in [0.3, 0.4) is 0 Å². The van der Waals surface area contributed by atoms with Gasteiger partial charge in [0.1, 0.15) is 0 Å². The van der Waals surface area contributed by atoms with Crippen molar-refractivity contribution in [2.45, 2.75) is 12.8 Å². The molecular formula is C22H17ClN2O2. The van der Waals surface area contributed by atoms with Gasteiger partial charge in [-0.3, -0.25) is 4.79 Å². The van der Waals surface area contributed by atoms with E-state index in [1.54, 1.807) is 23.1 Å². The molecule has 1 aliphatic rings. The minimum atomic E-state index is -1.48. The Morgan fingerprint density at radius 3 is 2.33 bits per heavy atom. The van der Waals surface area contributed by atoms with Gasteiger partial charge >= 0.3 is 0 Å². The molecule has 0 saturated carbocycles. The zero-order valence-electron chi connectivity index (χ0n) is 14.4. The van der Waals surface area contributed by atoms with E-state index in [1.807, 2.05) is 60.7 Å². The third-order valence-corrected chi connectivity index (χ3v) is 4.71. The number of nitrogens with zero attached hydrogens (tertiary/aromatic N) is 2. The molecule has 5 heteroatoms. The molecule has 0 fully saturated rings. The number of carbonyl (C=O) groups is 1. The van der Waals surface area contributed by atoms with Crippen LogP contribution in [0.1, 0.15) is 16.7 Å². The van der Waals surface area contributed by atoms with Crippen LogP contribution in [0.25, 0.3) is 0 Å². The summed E-state index contributed by atoms with van der Waals surface area (Å²) in [5.41, 5.74) is 3.71. The van der Waals surface area contributed by atoms with Crippen molar-refractivity contribution in [1.82, 2.24) is 0 Å². The summed E-state index contributed by atoms with van der Waals surface area (Å²) in [6, 6.07) is 24.5. The van der Waals surface area contributed by atoms with E-state index in [1.165, 1.54) is 0 Å². The molecule has 4 rings (SSSR count). The average Bonchev–Trinajstić information content (AvgIpc) is 2.80. The lowest BCUT2D eigenvalue weighted by Gasteiger charge is -2.24. The van der Waals surface area contributed by atoms with E-state index in [4.69, 9.17) is 11.6 Å². The minimum absolute atomic E-state index is 0.336. The number of fused-ring (bicyclic) bond motifs is 1. The molecule has 1 unspecified atom stereocenters. The maximum Gasteiger partial charge on any atom is 0.279 e. The topological polar surface area (TPSA) is 52.9 Å². The number of carbonyl (C=O) groups excluding carboxylic acids is 1. The molecule has 0 radical (unpaired) electrons. The van der Waals surface area contributed by atoms with Gasteiger partial charge in [-0.2, -0.15) is 0 Å². The Morgan fingerprint density at radius 2 is 1.63 bits per heavy atom. The molecular weight excluding hydrogens is 360 g/mol. The number of aliphatic hydroxyl groups is 1. The van der Waals surface area contributed by atoms with E-state index in [2.05, 4.69) is 4.99 Å². The van der Waals surface area contributed by atoms with Crippen LogP contribution in [0.4, 0.5) is 5.69 Å². The fourth-order valence-electron chi connectivity index (χ4n) is 3.19. The van der Waals surface area contributed by atoms with Crippen LogP contribution in [0.2, 0.25) is 5.02 Å². The Kier molecular flexibility index (Phi) is 4.75. The quantitative estimate of drug-likeness (QED) is 0.750. The van der Waals surface area contributed by atoms with Crippen molar-refractivity contribution in [3.8, 4) is 0 Å². The molecule has 3 aromatic rings. The predicted molar refractivity (Wildman–Crippen MR) is 107 cm³/mol. The summed E-state index contributed by atoms with van der Waals surface area (Å²) >= 11 is 6.24. The van der Waals surface area contributed by atoms with Gasteiger partial charge in [0, 0.05) is 16.1 Å². The minimum Gasteiger partial charge on any atom is -0.364 e. The smallest absolute Gasteiger partial charge is 0.279 e. The highest BCUT2D eigenvalue weighted by molar-refractivity contribution is 6.32. The molecule has 4 nitrogen and oxygen atoms in total. The van der Waals surface area contributed by atoms with Crippen molar-refractivity contribution in [2.24, 2.45) is 4.99 Å². The Hall–Kier alpha value is -2.95. The molecule has 0 spiro atoms. The van der Waals surface area contributed by atoms with Crippen LogP contribution in [0.15, 0.2) is 83.9 Å². The Bertz CT molecular complexity index is 1000. The van der Waals surface area contributed by atoms with Gasteiger partial charge in [0.25, 0.3) is 5.91 Å². The highest BCUT2D eigenvalue weighted by Crippen LogP contribution is 2.31.